The first-order valence-corrected chi connectivity index (χ1v) is 5.71. The summed E-state index contributed by atoms with van der Waals surface area (Å²) >= 11 is 0. The lowest BCUT2D eigenvalue weighted by atomic mass is 10.3. The van der Waals surface area contributed by atoms with Crippen LogP contribution in [-0.4, -0.2) is 46.5 Å². The molecular weight excluding hydrogens is 218 g/mol. The first kappa shape index (κ1) is 11.6. The molecule has 1 aromatic rings. The predicted octanol–water partition coefficient (Wildman–Crippen LogP) is -0.423. The highest BCUT2D eigenvalue weighted by atomic mass is 16.2. The van der Waals surface area contributed by atoms with E-state index in [-0.39, 0.29) is 18.3 Å². The summed E-state index contributed by atoms with van der Waals surface area (Å²) in [6.07, 6.45) is 4.17. The molecule has 1 aliphatic heterocycles. The van der Waals surface area contributed by atoms with E-state index < -0.39 is 0 Å². The second-order valence-corrected chi connectivity index (χ2v) is 3.97. The van der Waals surface area contributed by atoms with Crippen molar-refractivity contribution in [2.45, 2.75) is 13.0 Å². The van der Waals surface area contributed by atoms with Crippen LogP contribution in [0.25, 0.3) is 0 Å². The molecule has 6 nitrogen and oxygen atoms in total. The van der Waals surface area contributed by atoms with E-state index in [2.05, 4.69) is 10.3 Å². The number of amides is 1. The van der Waals surface area contributed by atoms with E-state index in [9.17, 15) is 4.79 Å². The van der Waals surface area contributed by atoms with Gasteiger partial charge in [-0.25, -0.2) is 4.98 Å². The Morgan fingerprint density at radius 2 is 2.41 bits per heavy atom. The molecule has 6 heteroatoms. The minimum absolute atomic E-state index is 0.0446. The van der Waals surface area contributed by atoms with Gasteiger partial charge in [-0.1, -0.05) is 0 Å². The van der Waals surface area contributed by atoms with Gasteiger partial charge in [-0.15, -0.1) is 0 Å². The van der Waals surface area contributed by atoms with Gasteiger partial charge in [0, 0.05) is 32.0 Å². The summed E-state index contributed by atoms with van der Waals surface area (Å²) in [6, 6.07) is 1.96. The summed E-state index contributed by atoms with van der Waals surface area (Å²) in [7, 11) is 0. The van der Waals surface area contributed by atoms with Gasteiger partial charge in [0.15, 0.2) is 0 Å². The Kier molecular flexibility index (Phi) is 3.73. The Morgan fingerprint density at radius 3 is 3.24 bits per heavy atom. The zero-order chi connectivity index (χ0) is 12.1. The average molecular weight is 233 g/mol. The first-order valence-electron chi connectivity index (χ1n) is 5.71. The van der Waals surface area contributed by atoms with Crippen molar-refractivity contribution in [1.29, 1.82) is 5.26 Å². The summed E-state index contributed by atoms with van der Waals surface area (Å²) in [5.41, 5.74) is 0. The predicted molar refractivity (Wildman–Crippen MR) is 61.0 cm³/mol. The zero-order valence-corrected chi connectivity index (χ0v) is 9.59. The van der Waals surface area contributed by atoms with Crippen molar-refractivity contribution in [3.8, 4) is 6.07 Å². The first-order chi connectivity index (χ1) is 8.31. The van der Waals surface area contributed by atoms with E-state index in [1.807, 2.05) is 11.0 Å². The molecule has 0 unspecified atom stereocenters. The minimum Gasteiger partial charge on any atom is -0.340 e. The number of hydrogen-bond acceptors (Lipinski definition) is 4. The Balaban J connectivity index is 1.98. The van der Waals surface area contributed by atoms with Crippen LogP contribution in [0, 0.1) is 11.3 Å². The molecule has 1 aliphatic rings. The number of carbonyl (C=O) groups is 1. The quantitative estimate of drug-likeness (QED) is 0.752. The van der Waals surface area contributed by atoms with Gasteiger partial charge in [-0.2, -0.15) is 5.26 Å². The second-order valence-electron chi connectivity index (χ2n) is 3.97. The molecule has 1 N–H and O–H groups in total. The fourth-order valence-corrected chi connectivity index (χ4v) is 1.89. The van der Waals surface area contributed by atoms with Gasteiger partial charge in [0.05, 0.1) is 0 Å². The molecule has 0 radical (unpaired) electrons. The average Bonchev–Trinajstić information content (AvgIpc) is 2.62. The number of imidazole rings is 1. The molecule has 1 amide bonds. The van der Waals surface area contributed by atoms with E-state index in [4.69, 9.17) is 5.26 Å². The lowest BCUT2D eigenvalue weighted by Gasteiger charge is -2.20. The molecule has 0 aromatic carbocycles. The Morgan fingerprint density at radius 1 is 1.53 bits per heavy atom. The molecule has 17 heavy (non-hydrogen) atoms. The number of nitriles is 1. The van der Waals surface area contributed by atoms with E-state index in [0.29, 0.717) is 0 Å². The van der Waals surface area contributed by atoms with Gasteiger partial charge in [0.1, 0.15) is 12.6 Å². The van der Waals surface area contributed by atoms with Crippen molar-refractivity contribution < 1.29 is 4.79 Å². The lowest BCUT2D eigenvalue weighted by molar-refractivity contribution is -0.131. The number of nitrogens with zero attached hydrogens (tertiary/aromatic N) is 4. The maximum absolute atomic E-state index is 12.0. The van der Waals surface area contributed by atoms with Crippen LogP contribution in [0.1, 0.15) is 12.2 Å². The third kappa shape index (κ3) is 2.82. The van der Waals surface area contributed by atoms with Crippen LogP contribution in [0.3, 0.4) is 0 Å². The number of nitrogens with one attached hydrogen (secondary N) is 1. The molecule has 2 rings (SSSR count). The van der Waals surface area contributed by atoms with Crippen LogP contribution < -0.4 is 5.32 Å². The summed E-state index contributed by atoms with van der Waals surface area (Å²) in [6.45, 7) is 3.50. The Labute approximate surface area is 99.8 Å². The second kappa shape index (κ2) is 5.46. The Bertz CT molecular complexity index is 425. The highest BCUT2D eigenvalue weighted by Gasteiger charge is 2.16. The summed E-state index contributed by atoms with van der Waals surface area (Å²) in [4.78, 5) is 17.7. The van der Waals surface area contributed by atoms with Crippen molar-refractivity contribution >= 4 is 5.91 Å². The number of rotatable bonds is 2. The highest BCUT2D eigenvalue weighted by Crippen LogP contribution is 2.01. The topological polar surface area (TPSA) is 74.0 Å². The molecule has 90 valence electrons. The van der Waals surface area contributed by atoms with Crippen LogP contribution >= 0.6 is 0 Å². The summed E-state index contributed by atoms with van der Waals surface area (Å²) in [5.74, 6) is 0.328. The smallest absolute Gasteiger partial charge is 0.242 e. The normalized spacial score (nSPS) is 16.3. The van der Waals surface area contributed by atoms with Crippen LogP contribution in [0.5, 0.6) is 0 Å². The molecule has 1 saturated heterocycles. The summed E-state index contributed by atoms with van der Waals surface area (Å²) in [5, 5.41) is 12.1. The SMILES string of the molecule is N#Cc1nccn1CC(=O)N1CCCNCC1. The van der Waals surface area contributed by atoms with Crippen molar-refractivity contribution in [2.75, 3.05) is 26.2 Å². The monoisotopic (exact) mass is 233 g/mol. The van der Waals surface area contributed by atoms with E-state index >= 15 is 0 Å². The number of aromatic nitrogens is 2. The molecule has 1 fully saturated rings. The van der Waals surface area contributed by atoms with Crippen molar-refractivity contribution in [3.05, 3.63) is 18.2 Å². The molecule has 0 aliphatic carbocycles. The third-order valence-corrected chi connectivity index (χ3v) is 2.81. The van der Waals surface area contributed by atoms with Gasteiger partial charge in [0.25, 0.3) is 0 Å². The molecule has 0 atom stereocenters. The van der Waals surface area contributed by atoms with Crippen molar-refractivity contribution in [1.82, 2.24) is 19.8 Å². The molecule has 0 saturated carbocycles. The maximum atomic E-state index is 12.0. The summed E-state index contributed by atoms with van der Waals surface area (Å²) < 4.78 is 1.58. The van der Waals surface area contributed by atoms with E-state index in [1.165, 1.54) is 6.20 Å². The molecule has 0 spiro atoms. The third-order valence-electron chi connectivity index (χ3n) is 2.81. The van der Waals surface area contributed by atoms with Gasteiger partial charge in [0.2, 0.25) is 11.7 Å². The van der Waals surface area contributed by atoms with Gasteiger partial charge in [-0.3, -0.25) is 4.79 Å². The largest absolute Gasteiger partial charge is 0.340 e. The van der Waals surface area contributed by atoms with Crippen molar-refractivity contribution in [2.24, 2.45) is 0 Å². The number of hydrogen-bond donors (Lipinski definition) is 1. The Hall–Kier alpha value is -1.87. The van der Waals surface area contributed by atoms with E-state index in [1.54, 1.807) is 10.8 Å². The van der Waals surface area contributed by atoms with Gasteiger partial charge >= 0.3 is 0 Å². The van der Waals surface area contributed by atoms with Crippen LogP contribution in [0.15, 0.2) is 12.4 Å². The molecule has 1 aromatic heterocycles. The minimum atomic E-state index is 0.0446. The fourth-order valence-electron chi connectivity index (χ4n) is 1.89. The molecular formula is C11H15N5O. The van der Waals surface area contributed by atoms with Crippen LogP contribution in [0.2, 0.25) is 0 Å². The van der Waals surface area contributed by atoms with Crippen LogP contribution in [-0.2, 0) is 11.3 Å². The van der Waals surface area contributed by atoms with Gasteiger partial charge < -0.3 is 14.8 Å². The lowest BCUT2D eigenvalue weighted by Crippen LogP contribution is -2.36. The van der Waals surface area contributed by atoms with Gasteiger partial charge in [-0.05, 0) is 13.0 Å². The van der Waals surface area contributed by atoms with E-state index in [0.717, 1.165) is 32.6 Å². The highest BCUT2D eigenvalue weighted by molar-refractivity contribution is 5.76. The molecule has 0 bridgehead atoms. The number of carbonyl (C=O) groups excluding carboxylic acids is 1. The fraction of sp³-hybridized carbons (Fsp3) is 0.545. The van der Waals surface area contributed by atoms with Crippen molar-refractivity contribution in [3.63, 3.8) is 0 Å². The molecule has 2 heterocycles. The van der Waals surface area contributed by atoms with Crippen LogP contribution in [0.4, 0.5) is 0 Å². The maximum Gasteiger partial charge on any atom is 0.242 e. The standard InChI is InChI=1S/C11H15N5O/c12-8-10-14-4-7-16(10)9-11(17)15-5-1-2-13-3-6-15/h4,7,13H,1-3,5-6,9H2. The zero-order valence-electron chi connectivity index (χ0n) is 9.59.